The molecule has 4 heteroatoms. The van der Waals surface area contributed by atoms with E-state index < -0.39 is 0 Å². The summed E-state index contributed by atoms with van der Waals surface area (Å²) in [6, 6.07) is 0. The maximum atomic E-state index is 10.8. The van der Waals surface area contributed by atoms with Gasteiger partial charge in [-0.3, -0.25) is 4.90 Å². The number of amides is 1. The Kier molecular flexibility index (Phi) is 2.70. The zero-order valence-corrected chi connectivity index (χ0v) is 6.96. The van der Waals surface area contributed by atoms with E-state index >= 15 is 0 Å². The highest BCUT2D eigenvalue weighted by atomic mass is 16.6. The van der Waals surface area contributed by atoms with Crippen LogP contribution in [0.2, 0.25) is 0 Å². The van der Waals surface area contributed by atoms with Gasteiger partial charge in [0, 0.05) is 13.6 Å². The van der Waals surface area contributed by atoms with Gasteiger partial charge in [-0.1, -0.05) is 0 Å². The second kappa shape index (κ2) is 3.57. The van der Waals surface area contributed by atoms with Gasteiger partial charge >= 0.3 is 6.09 Å². The first kappa shape index (κ1) is 8.33. The number of carbonyl (C=O) groups is 1. The number of ether oxygens (including phenoxy) is 1. The van der Waals surface area contributed by atoms with E-state index in [0.717, 1.165) is 19.4 Å². The highest BCUT2D eigenvalue weighted by molar-refractivity contribution is 5.66. The van der Waals surface area contributed by atoms with Crippen molar-refractivity contribution in [1.82, 2.24) is 10.2 Å². The topological polar surface area (TPSA) is 41.6 Å². The highest BCUT2D eigenvalue weighted by Gasteiger charge is 2.23. The Morgan fingerprint density at radius 2 is 2.45 bits per heavy atom. The molecule has 0 spiro atoms. The normalized spacial score (nSPS) is 25.1. The van der Waals surface area contributed by atoms with Crippen molar-refractivity contribution in [3.05, 3.63) is 0 Å². The van der Waals surface area contributed by atoms with Gasteiger partial charge in [-0.05, 0) is 19.9 Å². The zero-order valence-electron chi connectivity index (χ0n) is 6.96. The Bertz CT molecular complexity index is 149. The monoisotopic (exact) mass is 158 g/mol. The third-order valence-corrected chi connectivity index (χ3v) is 1.90. The Labute approximate surface area is 66.5 Å². The smallest absolute Gasteiger partial charge is 0.408 e. The van der Waals surface area contributed by atoms with Crippen molar-refractivity contribution in [2.24, 2.45) is 0 Å². The van der Waals surface area contributed by atoms with Crippen molar-refractivity contribution >= 4 is 6.09 Å². The van der Waals surface area contributed by atoms with E-state index in [0.29, 0.717) is 0 Å². The lowest BCUT2D eigenvalue weighted by Gasteiger charge is -2.18. The van der Waals surface area contributed by atoms with Crippen LogP contribution >= 0.6 is 0 Å². The van der Waals surface area contributed by atoms with Crippen molar-refractivity contribution in [1.29, 1.82) is 0 Å². The molecule has 0 aliphatic carbocycles. The average molecular weight is 158 g/mol. The van der Waals surface area contributed by atoms with Gasteiger partial charge in [0.05, 0.1) is 0 Å². The Hall–Kier alpha value is -0.770. The molecule has 0 aromatic heterocycles. The Morgan fingerprint density at radius 3 is 2.91 bits per heavy atom. The van der Waals surface area contributed by atoms with Crippen LogP contribution in [0.25, 0.3) is 0 Å². The van der Waals surface area contributed by atoms with Crippen LogP contribution < -0.4 is 5.32 Å². The summed E-state index contributed by atoms with van der Waals surface area (Å²) in [5.74, 6) is 0. The molecular formula is C7H14N2O2. The fourth-order valence-corrected chi connectivity index (χ4v) is 1.21. The molecule has 1 unspecified atom stereocenters. The minimum absolute atomic E-state index is 0.0186. The largest absolute Gasteiger partial charge is 0.430 e. The van der Waals surface area contributed by atoms with Gasteiger partial charge in [0.2, 0.25) is 0 Å². The van der Waals surface area contributed by atoms with Gasteiger partial charge in [-0.25, -0.2) is 4.79 Å². The average Bonchev–Trinajstić information content (AvgIpc) is 2.37. The lowest BCUT2D eigenvalue weighted by molar-refractivity contribution is 0.0278. The number of likely N-dealkylation sites (tertiary alicyclic amines) is 1. The number of rotatable bonds is 1. The molecule has 1 N–H and O–H groups in total. The van der Waals surface area contributed by atoms with E-state index in [1.807, 2.05) is 11.9 Å². The Balaban J connectivity index is 2.30. The zero-order chi connectivity index (χ0) is 8.27. The van der Waals surface area contributed by atoms with Crippen molar-refractivity contribution < 1.29 is 9.53 Å². The molecule has 0 bridgehead atoms. The molecule has 0 radical (unpaired) electrons. The number of carbonyl (C=O) groups excluding carboxylic acids is 1. The maximum absolute atomic E-state index is 10.8. The molecule has 1 rings (SSSR count). The molecule has 1 aliphatic rings. The van der Waals surface area contributed by atoms with E-state index in [1.54, 1.807) is 7.05 Å². The summed E-state index contributed by atoms with van der Waals surface area (Å²) >= 11 is 0. The van der Waals surface area contributed by atoms with E-state index in [1.165, 1.54) is 0 Å². The Morgan fingerprint density at radius 1 is 1.73 bits per heavy atom. The summed E-state index contributed by atoms with van der Waals surface area (Å²) in [7, 11) is 3.53. The van der Waals surface area contributed by atoms with Crippen LogP contribution in [0.15, 0.2) is 0 Å². The van der Waals surface area contributed by atoms with Gasteiger partial charge in [0.1, 0.15) is 0 Å². The number of nitrogens with one attached hydrogen (secondary N) is 1. The minimum atomic E-state index is -0.344. The van der Waals surface area contributed by atoms with Gasteiger partial charge in [-0.2, -0.15) is 0 Å². The molecule has 0 aromatic carbocycles. The summed E-state index contributed by atoms with van der Waals surface area (Å²) in [6.45, 7) is 1.02. The summed E-state index contributed by atoms with van der Waals surface area (Å²) < 4.78 is 5.05. The first-order valence-corrected chi connectivity index (χ1v) is 3.82. The first-order chi connectivity index (χ1) is 5.24. The molecule has 1 heterocycles. The van der Waals surface area contributed by atoms with Crippen molar-refractivity contribution in [2.45, 2.75) is 19.1 Å². The SMILES string of the molecule is CNC(=O)OC1CCCN1C. The number of alkyl carbamates (subject to hydrolysis) is 1. The number of hydrogen-bond donors (Lipinski definition) is 1. The molecule has 11 heavy (non-hydrogen) atoms. The van der Waals surface area contributed by atoms with E-state index in [9.17, 15) is 4.79 Å². The van der Waals surface area contributed by atoms with Gasteiger partial charge < -0.3 is 10.1 Å². The fourth-order valence-electron chi connectivity index (χ4n) is 1.21. The summed E-state index contributed by atoms with van der Waals surface area (Å²) in [5.41, 5.74) is 0. The molecule has 1 atom stereocenters. The molecule has 64 valence electrons. The molecule has 1 amide bonds. The quantitative estimate of drug-likeness (QED) is 0.600. The molecule has 1 saturated heterocycles. The maximum Gasteiger partial charge on any atom is 0.408 e. The first-order valence-electron chi connectivity index (χ1n) is 3.82. The molecule has 4 nitrogen and oxygen atoms in total. The highest BCUT2D eigenvalue weighted by Crippen LogP contribution is 2.15. The molecule has 1 fully saturated rings. The lowest BCUT2D eigenvalue weighted by Crippen LogP contribution is -2.33. The van der Waals surface area contributed by atoms with Crippen LogP contribution in [0, 0.1) is 0 Å². The van der Waals surface area contributed by atoms with E-state index in [2.05, 4.69) is 5.32 Å². The summed E-state index contributed by atoms with van der Waals surface area (Å²) in [5, 5.41) is 2.42. The van der Waals surface area contributed by atoms with Crippen LogP contribution in [0.3, 0.4) is 0 Å². The minimum Gasteiger partial charge on any atom is -0.430 e. The lowest BCUT2D eigenvalue weighted by atomic mass is 10.4. The second-order valence-electron chi connectivity index (χ2n) is 2.73. The van der Waals surface area contributed by atoms with Gasteiger partial charge in [-0.15, -0.1) is 0 Å². The molecule has 1 aliphatic heterocycles. The number of hydrogen-bond acceptors (Lipinski definition) is 3. The third kappa shape index (κ3) is 2.08. The predicted octanol–water partition coefficient (Wildman–Crippen LogP) is 0.394. The van der Waals surface area contributed by atoms with Gasteiger partial charge in [0.25, 0.3) is 0 Å². The summed E-state index contributed by atoms with van der Waals surface area (Å²) in [4.78, 5) is 12.8. The van der Waals surface area contributed by atoms with E-state index in [-0.39, 0.29) is 12.3 Å². The van der Waals surface area contributed by atoms with E-state index in [4.69, 9.17) is 4.74 Å². The van der Waals surface area contributed by atoms with Crippen LogP contribution in [-0.2, 0) is 4.74 Å². The van der Waals surface area contributed by atoms with Crippen LogP contribution in [0.1, 0.15) is 12.8 Å². The molecule has 0 aromatic rings. The van der Waals surface area contributed by atoms with Crippen LogP contribution in [0.4, 0.5) is 4.79 Å². The molecule has 0 saturated carbocycles. The van der Waals surface area contributed by atoms with Crippen LogP contribution in [-0.4, -0.2) is 37.9 Å². The second-order valence-corrected chi connectivity index (χ2v) is 2.73. The molecular weight excluding hydrogens is 144 g/mol. The van der Waals surface area contributed by atoms with Crippen LogP contribution in [0.5, 0.6) is 0 Å². The van der Waals surface area contributed by atoms with Crippen molar-refractivity contribution in [2.75, 3.05) is 20.6 Å². The van der Waals surface area contributed by atoms with Gasteiger partial charge in [0.15, 0.2) is 6.23 Å². The standard InChI is InChI=1S/C7H14N2O2/c1-8-7(10)11-6-4-3-5-9(6)2/h6H,3-5H2,1-2H3,(H,8,10). The van der Waals surface area contributed by atoms with Crippen molar-refractivity contribution in [3.63, 3.8) is 0 Å². The number of nitrogens with zero attached hydrogens (tertiary/aromatic N) is 1. The predicted molar refractivity (Wildman–Crippen MR) is 41.2 cm³/mol. The summed E-state index contributed by atoms with van der Waals surface area (Å²) in [6.07, 6.45) is 1.70. The van der Waals surface area contributed by atoms with Crippen molar-refractivity contribution in [3.8, 4) is 0 Å². The third-order valence-electron chi connectivity index (χ3n) is 1.90. The fraction of sp³-hybridized carbons (Fsp3) is 0.857.